The maximum atomic E-state index is 11.0. The Bertz CT molecular complexity index is 653. The van der Waals surface area contributed by atoms with Crippen LogP contribution in [-0.2, 0) is 17.6 Å². The minimum absolute atomic E-state index is 0.161. The lowest BCUT2D eigenvalue weighted by Crippen LogP contribution is -2.00. The quantitative estimate of drug-likeness (QED) is 0.855. The van der Waals surface area contributed by atoms with E-state index in [0.29, 0.717) is 12.8 Å². The predicted molar refractivity (Wildman–Crippen MR) is 75.7 cm³/mol. The number of hydrogen-bond donors (Lipinski definition) is 0. The molecular formula is C16H16N2O2. The summed E-state index contributed by atoms with van der Waals surface area (Å²) in [6.07, 6.45) is 3.78. The second-order valence-electron chi connectivity index (χ2n) is 4.98. The van der Waals surface area contributed by atoms with Crippen molar-refractivity contribution in [2.45, 2.75) is 26.2 Å². The van der Waals surface area contributed by atoms with Gasteiger partial charge in [0.15, 0.2) is 0 Å². The van der Waals surface area contributed by atoms with Gasteiger partial charge in [0.05, 0.1) is 12.3 Å². The smallest absolute Gasteiger partial charge is 0.130 e. The summed E-state index contributed by atoms with van der Waals surface area (Å²) in [4.78, 5) is 19.8. The highest BCUT2D eigenvalue weighted by Crippen LogP contribution is 2.29. The van der Waals surface area contributed by atoms with Crippen molar-refractivity contribution in [1.82, 2.24) is 9.97 Å². The van der Waals surface area contributed by atoms with Crippen LogP contribution in [0.15, 0.2) is 30.5 Å². The summed E-state index contributed by atoms with van der Waals surface area (Å²) in [5, 5.41) is 0. The Morgan fingerprint density at radius 2 is 2.25 bits per heavy atom. The summed E-state index contributed by atoms with van der Waals surface area (Å²) in [6.45, 7) is 2.34. The van der Waals surface area contributed by atoms with Crippen LogP contribution < -0.4 is 4.74 Å². The van der Waals surface area contributed by atoms with Gasteiger partial charge in [0.2, 0.25) is 0 Å². The van der Waals surface area contributed by atoms with Crippen LogP contribution in [-0.4, -0.2) is 22.4 Å². The van der Waals surface area contributed by atoms with Crippen LogP contribution in [0.3, 0.4) is 0 Å². The largest absolute Gasteiger partial charge is 0.493 e. The lowest BCUT2D eigenvalue weighted by atomic mass is 10.1. The van der Waals surface area contributed by atoms with Crippen molar-refractivity contribution in [2.75, 3.05) is 6.61 Å². The third kappa shape index (κ3) is 2.69. The molecule has 4 nitrogen and oxygen atoms in total. The molecule has 1 aliphatic rings. The standard InChI is InChI=1S/C16H16N2O2/c1-11(19)2-5-16-17-8-6-14(18-16)12-3-4-15-13(10-12)7-9-20-15/h3-4,6,8,10H,2,5,7,9H2,1H3. The first-order valence-corrected chi connectivity index (χ1v) is 6.80. The molecule has 2 heterocycles. The van der Waals surface area contributed by atoms with Crippen LogP contribution in [0.4, 0.5) is 0 Å². The first kappa shape index (κ1) is 12.8. The van der Waals surface area contributed by atoms with Crippen LogP contribution in [0.2, 0.25) is 0 Å². The Kier molecular flexibility index (Phi) is 3.46. The third-order valence-electron chi connectivity index (χ3n) is 3.39. The van der Waals surface area contributed by atoms with Crippen molar-refractivity contribution in [2.24, 2.45) is 0 Å². The van der Waals surface area contributed by atoms with E-state index in [9.17, 15) is 4.79 Å². The number of ketones is 1. The van der Waals surface area contributed by atoms with Crippen LogP contribution in [0.1, 0.15) is 24.7 Å². The molecule has 102 valence electrons. The molecule has 0 atom stereocenters. The highest BCUT2D eigenvalue weighted by atomic mass is 16.5. The van der Waals surface area contributed by atoms with Crippen molar-refractivity contribution < 1.29 is 9.53 Å². The monoisotopic (exact) mass is 268 g/mol. The van der Waals surface area contributed by atoms with Gasteiger partial charge in [-0.1, -0.05) is 0 Å². The van der Waals surface area contributed by atoms with Gasteiger partial charge in [-0.25, -0.2) is 9.97 Å². The molecular weight excluding hydrogens is 252 g/mol. The Labute approximate surface area is 117 Å². The number of fused-ring (bicyclic) bond motifs is 1. The molecule has 1 aliphatic heterocycles. The average molecular weight is 268 g/mol. The molecule has 20 heavy (non-hydrogen) atoms. The first-order valence-electron chi connectivity index (χ1n) is 6.80. The minimum Gasteiger partial charge on any atom is -0.493 e. The molecule has 1 aromatic heterocycles. The van der Waals surface area contributed by atoms with E-state index < -0.39 is 0 Å². The SMILES string of the molecule is CC(=O)CCc1nccc(-c2ccc3c(c2)CCO3)n1. The fraction of sp³-hybridized carbons (Fsp3) is 0.312. The van der Waals surface area contributed by atoms with Gasteiger partial charge in [-0.15, -0.1) is 0 Å². The van der Waals surface area contributed by atoms with Crippen molar-refractivity contribution in [1.29, 1.82) is 0 Å². The van der Waals surface area contributed by atoms with Crippen LogP contribution in [0.25, 0.3) is 11.3 Å². The lowest BCUT2D eigenvalue weighted by Gasteiger charge is -2.05. The van der Waals surface area contributed by atoms with Gasteiger partial charge in [0, 0.05) is 31.0 Å². The molecule has 0 bridgehead atoms. The molecule has 0 N–H and O–H groups in total. The van der Waals surface area contributed by atoms with E-state index in [1.54, 1.807) is 13.1 Å². The maximum absolute atomic E-state index is 11.0. The molecule has 0 fully saturated rings. The number of carbonyl (C=O) groups excluding carboxylic acids is 1. The molecule has 2 aromatic rings. The Hall–Kier alpha value is -2.23. The van der Waals surface area contributed by atoms with Crippen molar-refractivity contribution in [3.05, 3.63) is 41.9 Å². The van der Waals surface area contributed by atoms with Gasteiger partial charge < -0.3 is 9.53 Å². The number of aromatic nitrogens is 2. The van der Waals surface area contributed by atoms with E-state index in [-0.39, 0.29) is 5.78 Å². The molecule has 0 amide bonds. The first-order chi connectivity index (χ1) is 9.72. The topological polar surface area (TPSA) is 52.1 Å². The van der Waals surface area contributed by atoms with Gasteiger partial charge >= 0.3 is 0 Å². The zero-order chi connectivity index (χ0) is 13.9. The summed E-state index contributed by atoms with van der Waals surface area (Å²) < 4.78 is 5.51. The van der Waals surface area contributed by atoms with E-state index in [2.05, 4.69) is 16.0 Å². The Morgan fingerprint density at radius 1 is 1.35 bits per heavy atom. The molecule has 0 saturated carbocycles. The summed E-state index contributed by atoms with van der Waals surface area (Å²) in [5.74, 6) is 1.85. The van der Waals surface area contributed by atoms with E-state index in [1.165, 1.54) is 5.56 Å². The third-order valence-corrected chi connectivity index (χ3v) is 3.39. The van der Waals surface area contributed by atoms with Gasteiger partial charge in [-0.3, -0.25) is 0 Å². The van der Waals surface area contributed by atoms with Gasteiger partial charge in [-0.05, 0) is 36.8 Å². The van der Waals surface area contributed by atoms with Crippen LogP contribution >= 0.6 is 0 Å². The number of rotatable bonds is 4. The van der Waals surface area contributed by atoms with E-state index in [1.807, 2.05) is 18.2 Å². The van der Waals surface area contributed by atoms with Crippen molar-refractivity contribution in [3.63, 3.8) is 0 Å². The normalized spacial score (nSPS) is 12.8. The number of nitrogens with zero attached hydrogens (tertiary/aromatic N) is 2. The Balaban J connectivity index is 1.86. The molecule has 0 spiro atoms. The fourth-order valence-corrected chi connectivity index (χ4v) is 2.31. The number of ether oxygens (including phenoxy) is 1. The highest BCUT2D eigenvalue weighted by molar-refractivity contribution is 5.75. The summed E-state index contributed by atoms with van der Waals surface area (Å²) in [5.41, 5.74) is 3.19. The maximum Gasteiger partial charge on any atom is 0.130 e. The zero-order valence-corrected chi connectivity index (χ0v) is 11.4. The fourth-order valence-electron chi connectivity index (χ4n) is 2.31. The number of benzene rings is 1. The Morgan fingerprint density at radius 3 is 3.10 bits per heavy atom. The second-order valence-corrected chi connectivity index (χ2v) is 4.98. The van der Waals surface area contributed by atoms with E-state index >= 15 is 0 Å². The molecule has 4 heteroatoms. The molecule has 3 rings (SSSR count). The number of carbonyl (C=O) groups is 1. The zero-order valence-electron chi connectivity index (χ0n) is 11.4. The highest BCUT2D eigenvalue weighted by Gasteiger charge is 2.13. The van der Waals surface area contributed by atoms with Gasteiger partial charge in [0.1, 0.15) is 17.4 Å². The van der Waals surface area contributed by atoms with Gasteiger partial charge in [0.25, 0.3) is 0 Å². The molecule has 0 unspecified atom stereocenters. The summed E-state index contributed by atoms with van der Waals surface area (Å²) in [6, 6.07) is 8.03. The van der Waals surface area contributed by atoms with Crippen molar-refractivity contribution in [3.8, 4) is 17.0 Å². The molecule has 0 radical (unpaired) electrons. The van der Waals surface area contributed by atoms with Crippen molar-refractivity contribution >= 4 is 5.78 Å². The molecule has 0 aliphatic carbocycles. The molecule has 1 aromatic carbocycles. The predicted octanol–water partition coefficient (Wildman–Crippen LogP) is 2.60. The van der Waals surface area contributed by atoms with E-state index in [4.69, 9.17) is 4.74 Å². The number of Topliss-reactive ketones (excluding diaryl/α,β-unsaturated/α-hetero) is 1. The minimum atomic E-state index is 0.161. The summed E-state index contributed by atoms with van der Waals surface area (Å²) >= 11 is 0. The van der Waals surface area contributed by atoms with Crippen LogP contribution in [0.5, 0.6) is 5.75 Å². The van der Waals surface area contributed by atoms with Gasteiger partial charge in [-0.2, -0.15) is 0 Å². The lowest BCUT2D eigenvalue weighted by molar-refractivity contribution is -0.117. The second kappa shape index (κ2) is 5.41. The van der Waals surface area contributed by atoms with E-state index in [0.717, 1.165) is 35.9 Å². The van der Waals surface area contributed by atoms with Crippen LogP contribution in [0, 0.1) is 0 Å². The number of hydrogen-bond acceptors (Lipinski definition) is 4. The molecule has 0 saturated heterocycles. The number of aryl methyl sites for hydroxylation is 1. The summed E-state index contributed by atoms with van der Waals surface area (Å²) in [7, 11) is 0. The average Bonchev–Trinajstić information content (AvgIpc) is 2.93.